The number of nitrogens with zero attached hydrogens (tertiary/aromatic N) is 1. The van der Waals surface area contributed by atoms with E-state index in [2.05, 4.69) is 4.98 Å². The van der Waals surface area contributed by atoms with Crippen molar-refractivity contribution in [1.29, 1.82) is 0 Å². The predicted molar refractivity (Wildman–Crippen MR) is 64.4 cm³/mol. The van der Waals surface area contributed by atoms with E-state index in [-0.39, 0.29) is 0 Å². The Morgan fingerprint density at radius 3 is 2.50 bits per heavy atom. The maximum absolute atomic E-state index is 5.84. The zero-order valence-corrected chi connectivity index (χ0v) is 9.91. The molecule has 0 unspecified atom stereocenters. The van der Waals surface area contributed by atoms with Crippen molar-refractivity contribution in [1.82, 2.24) is 4.98 Å². The summed E-state index contributed by atoms with van der Waals surface area (Å²) in [7, 11) is 3.23. The van der Waals surface area contributed by atoms with Crippen LogP contribution in [0.1, 0.15) is 5.69 Å². The van der Waals surface area contributed by atoms with Gasteiger partial charge in [-0.2, -0.15) is 0 Å². The molecule has 0 aliphatic heterocycles. The van der Waals surface area contributed by atoms with Crippen LogP contribution in [-0.2, 0) is 5.88 Å². The monoisotopic (exact) mass is 237 g/mol. The first-order valence-corrected chi connectivity index (χ1v) is 5.39. The summed E-state index contributed by atoms with van der Waals surface area (Å²) in [5.74, 6) is 1.78. The molecule has 0 fully saturated rings. The van der Waals surface area contributed by atoms with Crippen molar-refractivity contribution in [2.45, 2.75) is 5.88 Å². The maximum atomic E-state index is 5.84. The third kappa shape index (κ3) is 1.78. The molecule has 2 rings (SSSR count). The molecule has 0 aliphatic carbocycles. The van der Waals surface area contributed by atoms with Gasteiger partial charge in [-0.3, -0.25) is 4.98 Å². The van der Waals surface area contributed by atoms with Gasteiger partial charge in [-0.15, -0.1) is 11.6 Å². The summed E-state index contributed by atoms with van der Waals surface area (Å²) in [6.45, 7) is 0. The van der Waals surface area contributed by atoms with Crippen LogP contribution in [0.3, 0.4) is 0 Å². The van der Waals surface area contributed by atoms with Crippen molar-refractivity contribution < 1.29 is 9.47 Å². The van der Waals surface area contributed by atoms with Crippen molar-refractivity contribution >= 4 is 22.4 Å². The van der Waals surface area contributed by atoms with E-state index in [4.69, 9.17) is 21.1 Å². The summed E-state index contributed by atoms with van der Waals surface area (Å²) in [4.78, 5) is 4.23. The fraction of sp³-hybridized carbons (Fsp3) is 0.250. The van der Waals surface area contributed by atoms with Gasteiger partial charge in [-0.05, 0) is 23.6 Å². The largest absolute Gasteiger partial charge is 0.493 e. The lowest BCUT2D eigenvalue weighted by molar-refractivity contribution is 0.356. The second-order valence-electron chi connectivity index (χ2n) is 3.32. The molecule has 0 aliphatic rings. The van der Waals surface area contributed by atoms with E-state index in [0.29, 0.717) is 17.4 Å². The summed E-state index contributed by atoms with van der Waals surface area (Å²) in [5, 5.41) is 2.04. The Balaban J connectivity index is 2.72. The van der Waals surface area contributed by atoms with E-state index in [1.807, 2.05) is 18.2 Å². The van der Waals surface area contributed by atoms with Gasteiger partial charge in [0.15, 0.2) is 11.5 Å². The molecule has 0 amide bonds. The molecule has 0 spiro atoms. The van der Waals surface area contributed by atoms with Gasteiger partial charge >= 0.3 is 0 Å². The lowest BCUT2D eigenvalue weighted by atomic mass is 10.1. The third-order valence-electron chi connectivity index (χ3n) is 2.48. The van der Waals surface area contributed by atoms with Gasteiger partial charge in [0.05, 0.1) is 25.8 Å². The van der Waals surface area contributed by atoms with Gasteiger partial charge in [0.1, 0.15) is 0 Å². The van der Waals surface area contributed by atoms with E-state index in [1.165, 1.54) is 0 Å². The van der Waals surface area contributed by atoms with E-state index >= 15 is 0 Å². The Bertz CT molecular complexity index is 514. The Kier molecular flexibility index (Phi) is 3.15. The summed E-state index contributed by atoms with van der Waals surface area (Å²) in [6, 6.07) is 5.75. The number of halogens is 1. The SMILES string of the molecule is COc1cc2ccnc(CCl)c2cc1OC. The van der Waals surface area contributed by atoms with Crippen LogP contribution in [-0.4, -0.2) is 19.2 Å². The van der Waals surface area contributed by atoms with Crippen LogP contribution in [0.15, 0.2) is 24.4 Å². The highest BCUT2D eigenvalue weighted by atomic mass is 35.5. The van der Waals surface area contributed by atoms with Gasteiger partial charge in [0, 0.05) is 11.6 Å². The van der Waals surface area contributed by atoms with Crippen LogP contribution in [0.25, 0.3) is 10.8 Å². The Hall–Kier alpha value is -1.48. The van der Waals surface area contributed by atoms with Gasteiger partial charge in [-0.1, -0.05) is 0 Å². The van der Waals surface area contributed by atoms with Crippen LogP contribution in [0, 0.1) is 0 Å². The number of fused-ring (bicyclic) bond motifs is 1. The van der Waals surface area contributed by atoms with E-state index in [9.17, 15) is 0 Å². The molecule has 0 bridgehead atoms. The predicted octanol–water partition coefficient (Wildman–Crippen LogP) is 2.99. The summed E-state index contributed by atoms with van der Waals surface area (Å²) >= 11 is 5.84. The minimum absolute atomic E-state index is 0.382. The fourth-order valence-corrected chi connectivity index (χ4v) is 1.88. The molecule has 3 nitrogen and oxygen atoms in total. The van der Waals surface area contributed by atoms with Crippen LogP contribution < -0.4 is 9.47 Å². The van der Waals surface area contributed by atoms with Gasteiger partial charge in [0.2, 0.25) is 0 Å². The minimum atomic E-state index is 0.382. The smallest absolute Gasteiger partial charge is 0.161 e. The average Bonchev–Trinajstić information content (AvgIpc) is 2.36. The Morgan fingerprint density at radius 1 is 1.19 bits per heavy atom. The van der Waals surface area contributed by atoms with Crippen molar-refractivity contribution in [3.05, 3.63) is 30.1 Å². The normalized spacial score (nSPS) is 10.4. The van der Waals surface area contributed by atoms with Gasteiger partial charge in [0.25, 0.3) is 0 Å². The molecule has 0 atom stereocenters. The lowest BCUT2D eigenvalue weighted by Gasteiger charge is -2.10. The molecular weight excluding hydrogens is 226 g/mol. The van der Waals surface area contributed by atoms with Gasteiger partial charge in [-0.25, -0.2) is 0 Å². The van der Waals surface area contributed by atoms with Gasteiger partial charge < -0.3 is 9.47 Å². The van der Waals surface area contributed by atoms with Crippen molar-refractivity contribution in [3.63, 3.8) is 0 Å². The lowest BCUT2D eigenvalue weighted by Crippen LogP contribution is -1.93. The molecule has 16 heavy (non-hydrogen) atoms. The second-order valence-corrected chi connectivity index (χ2v) is 3.59. The van der Waals surface area contributed by atoms with E-state index < -0.39 is 0 Å². The first-order chi connectivity index (χ1) is 7.80. The molecule has 0 radical (unpaired) electrons. The summed E-state index contributed by atoms with van der Waals surface area (Å²) in [5.41, 5.74) is 0.847. The fourth-order valence-electron chi connectivity index (χ4n) is 1.67. The number of aromatic nitrogens is 1. The zero-order chi connectivity index (χ0) is 11.5. The molecule has 1 aromatic carbocycles. The maximum Gasteiger partial charge on any atom is 0.161 e. The number of methoxy groups -OCH3 is 2. The number of hydrogen-bond donors (Lipinski definition) is 0. The Morgan fingerprint density at radius 2 is 1.88 bits per heavy atom. The number of hydrogen-bond acceptors (Lipinski definition) is 3. The highest BCUT2D eigenvalue weighted by Crippen LogP contribution is 2.33. The molecule has 1 aromatic heterocycles. The van der Waals surface area contributed by atoms with Crippen LogP contribution in [0.2, 0.25) is 0 Å². The first kappa shape index (κ1) is 11.0. The van der Waals surface area contributed by atoms with E-state index in [0.717, 1.165) is 16.5 Å². The second kappa shape index (κ2) is 4.58. The minimum Gasteiger partial charge on any atom is -0.493 e. The molecule has 0 saturated carbocycles. The number of alkyl halides is 1. The van der Waals surface area contributed by atoms with Crippen molar-refractivity contribution in [2.24, 2.45) is 0 Å². The summed E-state index contributed by atoms with van der Waals surface area (Å²) < 4.78 is 10.5. The first-order valence-electron chi connectivity index (χ1n) is 4.85. The topological polar surface area (TPSA) is 31.4 Å². The number of ether oxygens (including phenoxy) is 2. The third-order valence-corrected chi connectivity index (χ3v) is 2.73. The summed E-state index contributed by atoms with van der Waals surface area (Å²) in [6.07, 6.45) is 1.74. The van der Waals surface area contributed by atoms with Crippen molar-refractivity contribution in [2.75, 3.05) is 14.2 Å². The molecule has 1 heterocycles. The average molecular weight is 238 g/mol. The number of pyridine rings is 1. The molecule has 2 aromatic rings. The quantitative estimate of drug-likeness (QED) is 0.769. The molecular formula is C12H12ClNO2. The van der Waals surface area contributed by atoms with E-state index in [1.54, 1.807) is 20.4 Å². The molecule has 0 saturated heterocycles. The standard InChI is InChI=1S/C12H12ClNO2/c1-15-11-5-8-3-4-14-10(7-13)9(8)6-12(11)16-2/h3-6H,7H2,1-2H3. The highest BCUT2D eigenvalue weighted by molar-refractivity contribution is 6.17. The van der Waals surface area contributed by atoms with Crippen LogP contribution in [0.4, 0.5) is 0 Å². The van der Waals surface area contributed by atoms with Crippen LogP contribution in [0.5, 0.6) is 11.5 Å². The Labute approximate surface area is 99.0 Å². The number of benzene rings is 1. The number of rotatable bonds is 3. The van der Waals surface area contributed by atoms with Crippen LogP contribution >= 0.6 is 11.6 Å². The molecule has 84 valence electrons. The molecule has 0 N–H and O–H groups in total. The van der Waals surface area contributed by atoms with Crippen molar-refractivity contribution in [3.8, 4) is 11.5 Å². The zero-order valence-electron chi connectivity index (χ0n) is 9.16. The highest BCUT2D eigenvalue weighted by Gasteiger charge is 2.08. The molecule has 4 heteroatoms.